The highest BCUT2D eigenvalue weighted by Gasteiger charge is 2.39. The van der Waals surface area contributed by atoms with Gasteiger partial charge in [-0.05, 0) is 46.7 Å². The first kappa shape index (κ1) is 9.01. The van der Waals surface area contributed by atoms with Crippen molar-refractivity contribution in [3.05, 3.63) is 0 Å². The summed E-state index contributed by atoms with van der Waals surface area (Å²) in [4.78, 5) is 2.22. The number of likely N-dealkylation sites (N-methyl/N-ethyl adjacent to an activating group) is 1. The molecule has 1 aliphatic carbocycles. The Bertz CT molecular complexity index is 136. The van der Waals surface area contributed by atoms with Crippen molar-refractivity contribution in [2.45, 2.75) is 38.3 Å². The van der Waals surface area contributed by atoms with Gasteiger partial charge < -0.3 is 10.6 Å². The van der Waals surface area contributed by atoms with Gasteiger partial charge in [0.15, 0.2) is 0 Å². The van der Waals surface area contributed by atoms with E-state index in [0.29, 0.717) is 6.04 Å². The Morgan fingerprint density at radius 2 is 1.82 bits per heavy atom. The lowest BCUT2D eigenvalue weighted by Gasteiger charge is -2.38. The third kappa shape index (κ3) is 1.74. The Morgan fingerprint density at radius 3 is 2.09 bits per heavy atom. The molecule has 2 heteroatoms. The van der Waals surface area contributed by atoms with Gasteiger partial charge in [-0.15, -0.1) is 0 Å². The predicted molar refractivity (Wildman–Crippen MR) is 48.5 cm³/mol. The number of hydrogen-bond donors (Lipinski definition) is 1. The summed E-state index contributed by atoms with van der Waals surface area (Å²) in [6.07, 6.45) is 2.66. The third-order valence-corrected chi connectivity index (χ3v) is 3.10. The lowest BCUT2D eigenvalue weighted by atomic mass is 9.90. The molecule has 0 heterocycles. The summed E-state index contributed by atoms with van der Waals surface area (Å²) in [5.74, 6) is 0.785. The van der Waals surface area contributed by atoms with Crippen molar-refractivity contribution >= 4 is 0 Å². The van der Waals surface area contributed by atoms with Crippen molar-refractivity contribution in [1.82, 2.24) is 4.90 Å². The van der Waals surface area contributed by atoms with Crippen LogP contribution in [0.25, 0.3) is 0 Å². The van der Waals surface area contributed by atoms with Crippen LogP contribution in [0.2, 0.25) is 0 Å². The summed E-state index contributed by atoms with van der Waals surface area (Å²) in [5.41, 5.74) is 6.27. The molecule has 2 nitrogen and oxygen atoms in total. The van der Waals surface area contributed by atoms with E-state index in [2.05, 4.69) is 32.8 Å². The Labute approximate surface area is 69.8 Å². The summed E-state index contributed by atoms with van der Waals surface area (Å²) < 4.78 is 0. The van der Waals surface area contributed by atoms with E-state index in [1.165, 1.54) is 12.8 Å². The van der Waals surface area contributed by atoms with E-state index < -0.39 is 0 Å². The van der Waals surface area contributed by atoms with Gasteiger partial charge in [-0.3, -0.25) is 0 Å². The molecule has 1 fully saturated rings. The molecule has 0 spiro atoms. The largest absolute Gasteiger partial charge is 0.326 e. The van der Waals surface area contributed by atoms with Crippen LogP contribution in [0, 0.1) is 5.92 Å². The van der Waals surface area contributed by atoms with Crippen molar-refractivity contribution < 1.29 is 0 Å². The van der Waals surface area contributed by atoms with Crippen LogP contribution in [0.1, 0.15) is 26.7 Å². The zero-order valence-corrected chi connectivity index (χ0v) is 8.09. The smallest absolute Gasteiger partial charge is 0.0300 e. The van der Waals surface area contributed by atoms with E-state index in [1.807, 2.05) is 0 Å². The van der Waals surface area contributed by atoms with Crippen molar-refractivity contribution in [3.8, 4) is 0 Å². The molecule has 1 aliphatic rings. The zero-order valence-electron chi connectivity index (χ0n) is 8.09. The molecule has 0 saturated heterocycles. The Morgan fingerprint density at radius 1 is 1.36 bits per heavy atom. The highest BCUT2D eigenvalue weighted by Crippen LogP contribution is 2.37. The van der Waals surface area contributed by atoms with Gasteiger partial charge >= 0.3 is 0 Å². The molecule has 11 heavy (non-hydrogen) atoms. The van der Waals surface area contributed by atoms with Crippen molar-refractivity contribution in [2.24, 2.45) is 11.7 Å². The van der Waals surface area contributed by atoms with Crippen molar-refractivity contribution in [1.29, 1.82) is 0 Å². The van der Waals surface area contributed by atoms with Crippen LogP contribution in [-0.2, 0) is 0 Å². The Hall–Kier alpha value is -0.0800. The van der Waals surface area contributed by atoms with Crippen LogP contribution in [0.4, 0.5) is 0 Å². The monoisotopic (exact) mass is 156 g/mol. The SMILES string of the molecule is CN(C)C(C)(C)C(N)C1CC1. The molecule has 1 atom stereocenters. The molecule has 0 bridgehead atoms. The standard InChI is InChI=1S/C9H20N2/c1-9(2,11(3)4)8(10)7-5-6-7/h7-8H,5-6,10H2,1-4H3. The summed E-state index contributed by atoms with van der Waals surface area (Å²) in [6, 6.07) is 0.345. The molecule has 0 aliphatic heterocycles. The fraction of sp³-hybridized carbons (Fsp3) is 1.00. The summed E-state index contributed by atoms with van der Waals surface area (Å²) in [7, 11) is 4.20. The molecular weight excluding hydrogens is 136 g/mol. The minimum Gasteiger partial charge on any atom is -0.326 e. The molecule has 1 unspecified atom stereocenters. The van der Waals surface area contributed by atoms with Crippen LogP contribution in [0.3, 0.4) is 0 Å². The van der Waals surface area contributed by atoms with Gasteiger partial charge in [-0.1, -0.05) is 0 Å². The van der Waals surface area contributed by atoms with Crippen molar-refractivity contribution in [3.63, 3.8) is 0 Å². The van der Waals surface area contributed by atoms with Crippen LogP contribution >= 0.6 is 0 Å². The van der Waals surface area contributed by atoms with Crippen LogP contribution < -0.4 is 5.73 Å². The van der Waals surface area contributed by atoms with E-state index in [9.17, 15) is 0 Å². The normalized spacial score (nSPS) is 22.4. The Balaban J connectivity index is 2.54. The molecule has 2 N–H and O–H groups in total. The van der Waals surface area contributed by atoms with E-state index in [-0.39, 0.29) is 5.54 Å². The van der Waals surface area contributed by atoms with Crippen LogP contribution in [0.5, 0.6) is 0 Å². The first-order chi connectivity index (χ1) is 4.96. The van der Waals surface area contributed by atoms with Crippen LogP contribution in [-0.4, -0.2) is 30.6 Å². The summed E-state index contributed by atoms with van der Waals surface area (Å²) in [5, 5.41) is 0. The molecule has 0 aromatic rings. The van der Waals surface area contributed by atoms with E-state index in [4.69, 9.17) is 5.73 Å². The second kappa shape index (κ2) is 2.76. The zero-order chi connectivity index (χ0) is 8.65. The summed E-state index contributed by atoms with van der Waals surface area (Å²) in [6.45, 7) is 4.44. The maximum atomic E-state index is 6.12. The number of hydrogen-bond acceptors (Lipinski definition) is 2. The molecule has 1 rings (SSSR count). The Kier molecular flexibility index (Phi) is 2.26. The van der Waals surface area contributed by atoms with Crippen molar-refractivity contribution in [2.75, 3.05) is 14.1 Å². The topological polar surface area (TPSA) is 29.3 Å². The maximum absolute atomic E-state index is 6.12. The minimum atomic E-state index is 0.154. The summed E-state index contributed by atoms with van der Waals surface area (Å²) >= 11 is 0. The second-order valence-electron chi connectivity index (χ2n) is 4.41. The first-order valence-electron chi connectivity index (χ1n) is 4.39. The molecule has 0 amide bonds. The molecule has 0 aromatic heterocycles. The fourth-order valence-electron chi connectivity index (χ4n) is 1.33. The number of nitrogens with two attached hydrogens (primary N) is 1. The highest BCUT2D eigenvalue weighted by molar-refractivity contribution is 4.98. The minimum absolute atomic E-state index is 0.154. The van der Waals surface area contributed by atoms with Crippen LogP contribution in [0.15, 0.2) is 0 Å². The predicted octanol–water partition coefficient (Wildman–Crippen LogP) is 1.06. The molecule has 0 radical (unpaired) electrons. The van der Waals surface area contributed by atoms with Gasteiger partial charge in [0.05, 0.1) is 0 Å². The van der Waals surface area contributed by atoms with Gasteiger partial charge in [0.1, 0.15) is 0 Å². The van der Waals surface area contributed by atoms with Gasteiger partial charge in [0.25, 0.3) is 0 Å². The average Bonchev–Trinajstić information content (AvgIpc) is 2.66. The number of rotatable bonds is 3. The van der Waals surface area contributed by atoms with Gasteiger partial charge in [0.2, 0.25) is 0 Å². The lowest BCUT2D eigenvalue weighted by molar-refractivity contribution is 0.147. The molecule has 1 saturated carbocycles. The maximum Gasteiger partial charge on any atom is 0.0300 e. The highest BCUT2D eigenvalue weighted by atomic mass is 15.2. The van der Waals surface area contributed by atoms with Gasteiger partial charge in [0, 0.05) is 11.6 Å². The average molecular weight is 156 g/mol. The molecule has 66 valence electrons. The first-order valence-corrected chi connectivity index (χ1v) is 4.39. The second-order valence-corrected chi connectivity index (χ2v) is 4.41. The van der Waals surface area contributed by atoms with E-state index >= 15 is 0 Å². The van der Waals surface area contributed by atoms with Gasteiger partial charge in [-0.25, -0.2) is 0 Å². The van der Waals surface area contributed by atoms with E-state index in [1.54, 1.807) is 0 Å². The third-order valence-electron chi connectivity index (χ3n) is 3.10. The van der Waals surface area contributed by atoms with E-state index in [0.717, 1.165) is 5.92 Å². The quantitative estimate of drug-likeness (QED) is 0.662. The fourth-order valence-corrected chi connectivity index (χ4v) is 1.33. The van der Waals surface area contributed by atoms with Gasteiger partial charge in [-0.2, -0.15) is 0 Å². The molecular formula is C9H20N2. The number of nitrogens with zero attached hydrogens (tertiary/aromatic N) is 1. The molecule has 0 aromatic carbocycles. The lowest BCUT2D eigenvalue weighted by Crippen LogP contribution is -2.54.